The number of benzene rings is 2. The molecule has 3 rings (SSSR count). The monoisotopic (exact) mass is 533 g/mol. The predicted molar refractivity (Wildman–Crippen MR) is 136 cm³/mol. The number of oxazole rings is 1. The topological polar surface area (TPSA) is 81.8 Å². The molecule has 0 saturated heterocycles. The molecule has 3 aromatic rings. The molecule has 0 aliphatic heterocycles. The van der Waals surface area contributed by atoms with Crippen molar-refractivity contribution in [3.8, 4) is 23.0 Å². The molecule has 0 amide bonds. The van der Waals surface area contributed by atoms with Crippen molar-refractivity contribution in [2.45, 2.75) is 70.8 Å². The minimum Gasteiger partial charge on any atom is -0.488 e. The van der Waals surface area contributed by atoms with Crippen LogP contribution in [0.2, 0.25) is 0 Å². The van der Waals surface area contributed by atoms with Crippen LogP contribution in [-0.2, 0) is 16.4 Å². The van der Waals surface area contributed by atoms with Crippen molar-refractivity contribution in [2.75, 3.05) is 0 Å². The average Bonchev–Trinajstić information content (AvgIpc) is 3.22. The van der Waals surface area contributed by atoms with Crippen LogP contribution in [0.1, 0.15) is 59.4 Å². The highest BCUT2D eigenvalue weighted by Gasteiger charge is 2.46. The lowest BCUT2D eigenvalue weighted by Gasteiger charge is -2.35. The molecule has 2 aromatic carbocycles. The molecule has 198 valence electrons. The first-order chi connectivity index (χ1) is 16.9. The standard InChI is InChI=1S/C27H29F3NO5.Al.2H/c1-24(2,20-21(27(28,29)30)34-22(31-20)17-10-8-7-9-11-17)16-25(3,4)35-18-12-14-19(15-13-18)36-26(5,6)23(32)33;;;/h8-15H,16H2,1-6H3,(H,32,33);;;. The zero-order chi connectivity index (χ0) is 27.8. The molecule has 37 heavy (non-hydrogen) atoms. The number of halogens is 3. The van der Waals surface area contributed by atoms with Crippen molar-refractivity contribution < 1.29 is 37.0 Å². The average molecular weight is 534 g/mol. The lowest BCUT2D eigenvalue weighted by molar-refractivity contribution is -0.154. The van der Waals surface area contributed by atoms with Gasteiger partial charge >= 0.3 is 12.1 Å². The fourth-order valence-electron chi connectivity index (χ4n) is 4.21. The Labute approximate surface area is 222 Å². The van der Waals surface area contributed by atoms with Crippen molar-refractivity contribution in [3.63, 3.8) is 0 Å². The third kappa shape index (κ3) is 7.08. The zero-order valence-electron chi connectivity index (χ0n) is 22.0. The first-order valence-corrected chi connectivity index (χ1v) is 12.8. The third-order valence-electron chi connectivity index (χ3n) is 5.80. The van der Waals surface area contributed by atoms with Gasteiger partial charge in [-0.05, 0) is 58.4 Å². The number of nitrogens with zero attached hydrogens (tertiary/aromatic N) is 1. The minimum absolute atomic E-state index is 0.0735. The van der Waals surface area contributed by atoms with E-state index in [2.05, 4.69) is 4.98 Å². The number of alkyl halides is 3. The lowest BCUT2D eigenvalue weighted by Crippen LogP contribution is -2.38. The molecule has 0 aliphatic rings. The van der Waals surface area contributed by atoms with Gasteiger partial charge in [0, 0.05) is 11.0 Å². The molecule has 0 atom stereocenters. The maximum Gasteiger partial charge on any atom is 0.451 e. The van der Waals surface area contributed by atoms with E-state index in [9.17, 15) is 23.1 Å². The Morgan fingerprint density at radius 3 is 1.92 bits per heavy atom. The van der Waals surface area contributed by atoms with Gasteiger partial charge in [-0.15, -0.1) is 4.43 Å². The van der Waals surface area contributed by atoms with Crippen LogP contribution in [-0.4, -0.2) is 43.6 Å². The Kier molecular flexibility index (Phi) is 7.79. The Balaban J connectivity index is 1.83. The number of hydrogen-bond acceptors (Lipinski definition) is 5. The fourth-order valence-corrected chi connectivity index (χ4v) is 4.54. The van der Waals surface area contributed by atoms with Crippen LogP contribution in [0.15, 0.2) is 52.9 Å². The van der Waals surface area contributed by atoms with Gasteiger partial charge in [0.25, 0.3) is 16.3 Å². The summed E-state index contributed by atoms with van der Waals surface area (Å²) in [5.41, 5.74) is -3.04. The summed E-state index contributed by atoms with van der Waals surface area (Å²) in [6, 6.07) is 13.5. The summed E-state index contributed by atoms with van der Waals surface area (Å²) in [6.45, 7) is 9.81. The van der Waals surface area contributed by atoms with E-state index in [-0.39, 0.29) is 18.0 Å². The summed E-state index contributed by atoms with van der Waals surface area (Å²) in [6.07, 6.45) is -4.52. The van der Waals surface area contributed by atoms with Gasteiger partial charge in [0.15, 0.2) is 5.60 Å². The van der Waals surface area contributed by atoms with Crippen molar-refractivity contribution in [2.24, 2.45) is 0 Å². The second-order valence-corrected chi connectivity index (χ2v) is 12.0. The molecule has 1 N–H and O–H groups in total. The largest absolute Gasteiger partial charge is 0.488 e. The van der Waals surface area contributed by atoms with Crippen LogP contribution in [0.5, 0.6) is 11.5 Å². The van der Waals surface area contributed by atoms with Crippen LogP contribution < -0.4 is 13.9 Å². The van der Waals surface area contributed by atoms with Crippen LogP contribution in [0, 0.1) is 0 Å². The van der Waals surface area contributed by atoms with Crippen LogP contribution >= 0.6 is 0 Å². The summed E-state index contributed by atoms with van der Waals surface area (Å²) in [4.78, 5) is 15.6. The second kappa shape index (κ2) is 10.1. The van der Waals surface area contributed by atoms with E-state index in [0.717, 1.165) is 20.7 Å². The SMILES string of the molecule is CC(C)(CC(C)(C)c1nc(-c2cc[c]([AlH2])cc2)oc1C(F)(F)F)Oc1ccc(OC(C)(C)C(=O)O)cc1. The van der Waals surface area contributed by atoms with Crippen molar-refractivity contribution in [1.82, 2.24) is 4.98 Å². The van der Waals surface area contributed by atoms with E-state index >= 15 is 0 Å². The maximum atomic E-state index is 13.9. The van der Waals surface area contributed by atoms with Gasteiger partial charge in [0.05, 0.1) is 5.69 Å². The molecule has 10 heteroatoms. The van der Waals surface area contributed by atoms with E-state index in [0.29, 0.717) is 17.1 Å². The molecular weight excluding hydrogens is 502 g/mol. The summed E-state index contributed by atoms with van der Waals surface area (Å²) < 4.78 is 59.8. The lowest BCUT2D eigenvalue weighted by atomic mass is 9.78. The molecule has 0 unspecified atom stereocenters. The number of carboxylic acid groups (broad SMARTS) is 1. The number of carbonyl (C=O) groups is 1. The number of hydrogen-bond donors (Lipinski definition) is 1. The molecule has 0 saturated carbocycles. The summed E-state index contributed by atoms with van der Waals surface area (Å²) >= 11 is 0.828. The summed E-state index contributed by atoms with van der Waals surface area (Å²) in [5.74, 6) is -1.48. The van der Waals surface area contributed by atoms with Crippen LogP contribution in [0.4, 0.5) is 13.2 Å². The fraction of sp³-hybridized carbons (Fsp3) is 0.407. The Morgan fingerprint density at radius 2 is 1.43 bits per heavy atom. The Bertz CT molecular complexity index is 1250. The predicted octanol–water partition coefficient (Wildman–Crippen LogP) is 5.39. The van der Waals surface area contributed by atoms with Gasteiger partial charge in [-0.25, -0.2) is 9.78 Å². The number of carboxylic acids is 1. The quantitative estimate of drug-likeness (QED) is 0.372. The zero-order valence-corrected chi connectivity index (χ0v) is 24.0. The minimum atomic E-state index is -4.71. The Morgan fingerprint density at radius 1 is 0.919 bits per heavy atom. The first-order valence-electron chi connectivity index (χ1n) is 11.8. The third-order valence-corrected chi connectivity index (χ3v) is 6.46. The number of aromatic nitrogens is 1. The highest BCUT2D eigenvalue weighted by molar-refractivity contribution is 6.32. The molecule has 0 aliphatic carbocycles. The molecule has 0 spiro atoms. The van der Waals surface area contributed by atoms with Crippen molar-refractivity contribution in [3.05, 3.63) is 60.0 Å². The van der Waals surface area contributed by atoms with E-state index in [1.54, 1.807) is 64.1 Å². The van der Waals surface area contributed by atoms with E-state index < -0.39 is 34.5 Å². The second-order valence-electron chi connectivity index (χ2n) is 10.9. The van der Waals surface area contributed by atoms with Gasteiger partial charge in [0.2, 0.25) is 11.7 Å². The van der Waals surface area contributed by atoms with Crippen LogP contribution in [0.3, 0.4) is 0 Å². The van der Waals surface area contributed by atoms with Crippen molar-refractivity contribution >= 4 is 26.7 Å². The molecule has 1 heterocycles. The number of aliphatic carboxylic acids is 1. The van der Waals surface area contributed by atoms with E-state index in [1.165, 1.54) is 13.8 Å². The maximum absolute atomic E-state index is 13.9. The molecule has 1 aromatic heterocycles. The highest BCUT2D eigenvalue weighted by Crippen LogP contribution is 2.43. The van der Waals surface area contributed by atoms with E-state index in [4.69, 9.17) is 13.9 Å². The Hall–Kier alpha value is -2.96. The number of ether oxygens (including phenoxy) is 2. The van der Waals surface area contributed by atoms with E-state index in [1.807, 2.05) is 12.1 Å². The van der Waals surface area contributed by atoms with Gasteiger partial charge < -0.3 is 19.0 Å². The molecular formula is C27H31AlF3NO5. The highest BCUT2D eigenvalue weighted by atomic mass is 27.0. The smallest absolute Gasteiger partial charge is 0.451 e. The number of rotatable bonds is 9. The molecule has 6 nitrogen and oxygen atoms in total. The first kappa shape index (κ1) is 28.6. The van der Waals surface area contributed by atoms with Gasteiger partial charge in [-0.1, -0.05) is 38.1 Å². The summed E-state index contributed by atoms with van der Waals surface area (Å²) in [7, 11) is 0. The molecule has 0 bridgehead atoms. The van der Waals surface area contributed by atoms with Crippen LogP contribution in [0.25, 0.3) is 11.5 Å². The molecule has 0 fully saturated rings. The normalized spacial score (nSPS) is 12.9. The van der Waals surface area contributed by atoms with Gasteiger partial charge in [0.1, 0.15) is 17.1 Å². The van der Waals surface area contributed by atoms with Gasteiger partial charge in [-0.2, -0.15) is 13.2 Å². The summed E-state index contributed by atoms with van der Waals surface area (Å²) in [5, 5.41) is 9.23. The van der Waals surface area contributed by atoms with Gasteiger partial charge in [-0.3, -0.25) is 0 Å². The molecule has 0 radical (unpaired) electrons. The van der Waals surface area contributed by atoms with Crippen molar-refractivity contribution in [1.29, 1.82) is 0 Å².